The average molecular weight is 254 g/mol. The molecule has 2 unspecified atom stereocenters. The van der Waals surface area contributed by atoms with Crippen molar-refractivity contribution < 1.29 is 4.79 Å². The van der Waals surface area contributed by atoms with E-state index in [0.717, 1.165) is 52.1 Å². The normalized spacial score (nSPS) is 30.4. The van der Waals surface area contributed by atoms with E-state index in [9.17, 15) is 4.79 Å². The van der Waals surface area contributed by atoms with Gasteiger partial charge in [-0.15, -0.1) is 0 Å². The fourth-order valence-electron chi connectivity index (χ4n) is 3.09. The Morgan fingerprint density at radius 1 is 1.33 bits per heavy atom. The third kappa shape index (κ3) is 3.22. The lowest BCUT2D eigenvalue weighted by Gasteiger charge is -2.39. The quantitative estimate of drug-likeness (QED) is 0.711. The van der Waals surface area contributed by atoms with Gasteiger partial charge in [0.2, 0.25) is 5.91 Å². The number of carbonyl (C=O) groups excluding carboxylic acids is 1. The number of nitrogens with two attached hydrogens (primary N) is 1. The second-order valence-electron chi connectivity index (χ2n) is 5.47. The van der Waals surface area contributed by atoms with Crippen LogP contribution < -0.4 is 11.1 Å². The Labute approximate surface area is 110 Å². The zero-order valence-corrected chi connectivity index (χ0v) is 11.4. The van der Waals surface area contributed by atoms with Crippen molar-refractivity contribution >= 4 is 5.91 Å². The molecule has 2 rings (SSSR count). The number of piperazine rings is 1. The number of hydrogen-bond acceptors (Lipinski definition) is 4. The first-order chi connectivity index (χ1) is 8.72. The molecular weight excluding hydrogens is 228 g/mol. The van der Waals surface area contributed by atoms with Crippen molar-refractivity contribution in [3.63, 3.8) is 0 Å². The fraction of sp³-hybridized carbons (Fsp3) is 0.923. The molecule has 2 aliphatic rings. The van der Waals surface area contributed by atoms with Gasteiger partial charge < -0.3 is 16.0 Å². The van der Waals surface area contributed by atoms with Crippen LogP contribution in [0.3, 0.4) is 0 Å². The number of rotatable bonds is 3. The molecule has 3 N–H and O–H groups in total. The Morgan fingerprint density at radius 2 is 2.06 bits per heavy atom. The number of amides is 1. The summed E-state index contributed by atoms with van der Waals surface area (Å²) in [6, 6.07) is 0.485. The van der Waals surface area contributed by atoms with Crippen LogP contribution in [0.1, 0.15) is 19.8 Å². The van der Waals surface area contributed by atoms with Crippen molar-refractivity contribution in [1.82, 2.24) is 15.1 Å². The fourth-order valence-corrected chi connectivity index (χ4v) is 3.09. The second-order valence-corrected chi connectivity index (χ2v) is 5.47. The summed E-state index contributed by atoms with van der Waals surface area (Å²) in [6.07, 6.45) is 1.98. The minimum Gasteiger partial charge on any atom is -0.340 e. The molecule has 0 aromatic heterocycles. The predicted molar refractivity (Wildman–Crippen MR) is 72.3 cm³/mol. The van der Waals surface area contributed by atoms with E-state index in [2.05, 4.69) is 17.1 Å². The van der Waals surface area contributed by atoms with Gasteiger partial charge in [-0.25, -0.2) is 0 Å². The van der Waals surface area contributed by atoms with E-state index in [4.69, 9.17) is 5.73 Å². The maximum absolute atomic E-state index is 12.4. The molecule has 2 fully saturated rings. The largest absolute Gasteiger partial charge is 0.340 e. The van der Waals surface area contributed by atoms with E-state index in [0.29, 0.717) is 18.5 Å². The minimum atomic E-state index is 0.229. The molecule has 18 heavy (non-hydrogen) atoms. The summed E-state index contributed by atoms with van der Waals surface area (Å²) in [5.74, 6) is 0.600. The summed E-state index contributed by atoms with van der Waals surface area (Å²) in [5.41, 5.74) is 5.61. The van der Waals surface area contributed by atoms with Crippen molar-refractivity contribution in [1.29, 1.82) is 0 Å². The van der Waals surface area contributed by atoms with Gasteiger partial charge in [-0.3, -0.25) is 9.69 Å². The van der Waals surface area contributed by atoms with Crippen LogP contribution in [0.2, 0.25) is 0 Å². The highest BCUT2D eigenvalue weighted by atomic mass is 16.2. The Hall–Kier alpha value is -0.650. The summed E-state index contributed by atoms with van der Waals surface area (Å²) in [5, 5.41) is 3.29. The van der Waals surface area contributed by atoms with Crippen LogP contribution in [-0.4, -0.2) is 67.6 Å². The maximum Gasteiger partial charge on any atom is 0.225 e. The lowest BCUT2D eigenvalue weighted by Crippen LogP contribution is -2.51. The lowest BCUT2D eigenvalue weighted by molar-refractivity contribution is -0.138. The topological polar surface area (TPSA) is 61.6 Å². The molecule has 0 radical (unpaired) electrons. The number of nitrogens with zero attached hydrogens (tertiary/aromatic N) is 2. The molecule has 2 aliphatic heterocycles. The van der Waals surface area contributed by atoms with Crippen molar-refractivity contribution in [2.45, 2.75) is 25.8 Å². The summed E-state index contributed by atoms with van der Waals surface area (Å²) >= 11 is 0. The highest BCUT2D eigenvalue weighted by Gasteiger charge is 2.32. The van der Waals surface area contributed by atoms with E-state index in [1.807, 2.05) is 4.90 Å². The molecule has 5 heteroatoms. The Morgan fingerprint density at radius 3 is 2.67 bits per heavy atom. The molecular formula is C13H26N4O. The van der Waals surface area contributed by atoms with Crippen LogP contribution in [0.25, 0.3) is 0 Å². The summed E-state index contributed by atoms with van der Waals surface area (Å²) in [7, 11) is 0. The van der Waals surface area contributed by atoms with Crippen LogP contribution >= 0.6 is 0 Å². The molecule has 1 amide bonds. The first-order valence-corrected chi connectivity index (χ1v) is 7.16. The first-order valence-electron chi connectivity index (χ1n) is 7.16. The molecule has 0 aromatic carbocycles. The monoisotopic (exact) mass is 254 g/mol. The zero-order chi connectivity index (χ0) is 13.0. The van der Waals surface area contributed by atoms with Gasteiger partial charge in [0.25, 0.3) is 0 Å². The molecule has 0 bridgehead atoms. The van der Waals surface area contributed by atoms with E-state index >= 15 is 0 Å². The average Bonchev–Trinajstić information content (AvgIpc) is 2.41. The third-order valence-corrected chi connectivity index (χ3v) is 4.21. The van der Waals surface area contributed by atoms with Gasteiger partial charge >= 0.3 is 0 Å². The molecule has 0 aliphatic carbocycles. The van der Waals surface area contributed by atoms with Gasteiger partial charge in [0.15, 0.2) is 0 Å². The lowest BCUT2D eigenvalue weighted by atomic mass is 9.90. The van der Waals surface area contributed by atoms with Crippen LogP contribution in [-0.2, 0) is 4.79 Å². The van der Waals surface area contributed by atoms with Gasteiger partial charge in [0, 0.05) is 51.2 Å². The van der Waals surface area contributed by atoms with Gasteiger partial charge in [0.1, 0.15) is 0 Å². The highest BCUT2D eigenvalue weighted by molar-refractivity contribution is 5.79. The molecule has 0 saturated carbocycles. The number of carbonyl (C=O) groups is 1. The highest BCUT2D eigenvalue weighted by Crippen LogP contribution is 2.24. The van der Waals surface area contributed by atoms with E-state index in [-0.39, 0.29) is 5.92 Å². The van der Waals surface area contributed by atoms with Crippen LogP contribution in [0, 0.1) is 5.92 Å². The summed E-state index contributed by atoms with van der Waals surface area (Å²) in [6.45, 7) is 8.51. The number of likely N-dealkylation sites (tertiary alicyclic amines) is 1. The predicted octanol–water partition coefficient (Wildman–Crippen LogP) is -0.523. The number of hydrogen-bond donors (Lipinski definition) is 2. The van der Waals surface area contributed by atoms with E-state index < -0.39 is 0 Å². The van der Waals surface area contributed by atoms with Crippen LogP contribution in [0.15, 0.2) is 0 Å². The minimum absolute atomic E-state index is 0.229. The number of nitrogens with one attached hydrogen (secondary N) is 1. The van der Waals surface area contributed by atoms with Gasteiger partial charge in [-0.05, 0) is 26.3 Å². The Bertz CT molecular complexity index is 278. The van der Waals surface area contributed by atoms with Crippen LogP contribution in [0.4, 0.5) is 0 Å². The van der Waals surface area contributed by atoms with Crippen LogP contribution in [0.5, 0.6) is 0 Å². The van der Waals surface area contributed by atoms with Crippen molar-refractivity contribution in [3.05, 3.63) is 0 Å². The summed E-state index contributed by atoms with van der Waals surface area (Å²) in [4.78, 5) is 16.9. The Kier molecular flexibility index (Phi) is 4.97. The number of piperidine rings is 1. The van der Waals surface area contributed by atoms with Crippen molar-refractivity contribution in [2.75, 3.05) is 45.8 Å². The molecule has 5 nitrogen and oxygen atoms in total. The van der Waals surface area contributed by atoms with E-state index in [1.165, 1.54) is 0 Å². The first kappa shape index (κ1) is 13.8. The molecule has 0 spiro atoms. The van der Waals surface area contributed by atoms with Gasteiger partial charge in [0.05, 0.1) is 0 Å². The molecule has 2 heterocycles. The third-order valence-electron chi connectivity index (χ3n) is 4.21. The van der Waals surface area contributed by atoms with Crippen molar-refractivity contribution in [2.24, 2.45) is 11.7 Å². The van der Waals surface area contributed by atoms with Gasteiger partial charge in [-0.1, -0.05) is 0 Å². The Balaban J connectivity index is 1.85. The van der Waals surface area contributed by atoms with Crippen molar-refractivity contribution in [3.8, 4) is 0 Å². The standard InChI is InChI=1S/C13H26N4O/c1-11-10-12(2-6-16(11)7-3-14)13(18)17-8-4-15-5-9-17/h11-12,15H,2-10,14H2,1H3. The molecule has 2 saturated heterocycles. The molecule has 2 atom stereocenters. The maximum atomic E-state index is 12.4. The smallest absolute Gasteiger partial charge is 0.225 e. The van der Waals surface area contributed by atoms with E-state index in [1.54, 1.807) is 0 Å². The zero-order valence-electron chi connectivity index (χ0n) is 11.4. The van der Waals surface area contributed by atoms with Gasteiger partial charge in [-0.2, -0.15) is 0 Å². The molecule has 104 valence electrons. The summed E-state index contributed by atoms with van der Waals surface area (Å²) < 4.78 is 0. The second kappa shape index (κ2) is 6.50. The SMILES string of the molecule is CC1CC(C(=O)N2CCNCC2)CCN1CCN. The molecule has 0 aromatic rings.